The topological polar surface area (TPSA) is 92.4 Å². The van der Waals surface area contributed by atoms with Crippen molar-refractivity contribution in [2.45, 2.75) is 19.1 Å². The molecule has 0 saturated carbocycles. The highest BCUT2D eigenvalue weighted by Crippen LogP contribution is 2.22. The quantitative estimate of drug-likeness (QED) is 0.457. The first kappa shape index (κ1) is 21.7. The molecule has 2 N–H and O–H groups in total. The van der Waals surface area contributed by atoms with Gasteiger partial charge in [0.2, 0.25) is 5.43 Å². The number of nitrogens with zero attached hydrogens (tertiary/aromatic N) is 2. The Hall–Kier alpha value is -3.55. The molecule has 6 nitrogen and oxygen atoms in total. The van der Waals surface area contributed by atoms with E-state index in [9.17, 15) is 24.2 Å². The van der Waals surface area contributed by atoms with E-state index < -0.39 is 28.9 Å². The van der Waals surface area contributed by atoms with Gasteiger partial charge in [0.15, 0.2) is 0 Å². The van der Waals surface area contributed by atoms with Gasteiger partial charge < -0.3 is 14.8 Å². The largest absolute Gasteiger partial charge is 0.477 e. The van der Waals surface area contributed by atoms with Crippen molar-refractivity contribution in [2.75, 3.05) is 0 Å². The molecule has 0 aliphatic rings. The van der Waals surface area contributed by atoms with Crippen LogP contribution >= 0.6 is 11.6 Å². The number of halogens is 2. The van der Waals surface area contributed by atoms with Crippen molar-refractivity contribution >= 4 is 28.5 Å². The molecule has 0 amide bonds. The number of fused-ring (bicyclic) bond motifs is 1. The SMILES string of the molecule is O=C(O)c1cn(C[C@H](O)c2ccccc2)c2cnc(Cc3cccc(Cl)c3F)cc2c1=O. The Morgan fingerprint density at radius 3 is 2.62 bits per heavy atom. The summed E-state index contributed by atoms with van der Waals surface area (Å²) in [6.07, 6.45) is 1.78. The molecule has 2 aromatic heterocycles. The van der Waals surface area contributed by atoms with Crippen LogP contribution in [0.3, 0.4) is 0 Å². The van der Waals surface area contributed by atoms with Gasteiger partial charge in [0.1, 0.15) is 11.4 Å². The molecule has 0 fully saturated rings. The summed E-state index contributed by atoms with van der Waals surface area (Å²) < 4.78 is 15.8. The molecule has 0 spiro atoms. The first-order valence-corrected chi connectivity index (χ1v) is 10.1. The van der Waals surface area contributed by atoms with Crippen molar-refractivity contribution in [3.63, 3.8) is 0 Å². The zero-order valence-electron chi connectivity index (χ0n) is 16.7. The van der Waals surface area contributed by atoms with Crippen molar-refractivity contribution in [3.05, 3.63) is 110 Å². The lowest BCUT2D eigenvalue weighted by Crippen LogP contribution is -2.21. The van der Waals surface area contributed by atoms with E-state index >= 15 is 0 Å². The lowest BCUT2D eigenvalue weighted by atomic mass is 10.1. The fourth-order valence-corrected chi connectivity index (χ4v) is 3.77. The zero-order valence-corrected chi connectivity index (χ0v) is 17.5. The third kappa shape index (κ3) is 4.26. The summed E-state index contributed by atoms with van der Waals surface area (Å²) in [5.74, 6) is -1.95. The number of aromatic nitrogens is 2. The van der Waals surface area contributed by atoms with Crippen LogP contribution in [0.25, 0.3) is 10.9 Å². The van der Waals surface area contributed by atoms with Crippen LogP contribution in [0.15, 0.2) is 71.8 Å². The van der Waals surface area contributed by atoms with Gasteiger partial charge in [-0.2, -0.15) is 0 Å². The molecule has 0 saturated heterocycles. The molecule has 1 atom stereocenters. The Bertz CT molecular complexity index is 1370. The molecule has 4 rings (SSSR count). The molecule has 0 bridgehead atoms. The number of pyridine rings is 2. The second-order valence-corrected chi connectivity index (χ2v) is 7.75. The van der Waals surface area contributed by atoms with Crippen LogP contribution in [-0.2, 0) is 13.0 Å². The molecular weight excluding hydrogens is 435 g/mol. The highest BCUT2D eigenvalue weighted by atomic mass is 35.5. The Morgan fingerprint density at radius 2 is 1.91 bits per heavy atom. The smallest absolute Gasteiger partial charge is 0.341 e. The van der Waals surface area contributed by atoms with Gasteiger partial charge in [0.05, 0.1) is 29.4 Å². The second-order valence-electron chi connectivity index (χ2n) is 7.34. The van der Waals surface area contributed by atoms with Crippen LogP contribution in [0.4, 0.5) is 4.39 Å². The number of aliphatic hydroxyl groups excluding tert-OH is 1. The lowest BCUT2D eigenvalue weighted by Gasteiger charge is -2.17. The van der Waals surface area contributed by atoms with Crippen molar-refractivity contribution in [1.82, 2.24) is 9.55 Å². The highest BCUT2D eigenvalue weighted by Gasteiger charge is 2.18. The molecular formula is C24H18ClFN2O4. The summed E-state index contributed by atoms with van der Waals surface area (Å²) >= 11 is 5.84. The molecule has 0 aliphatic heterocycles. The molecule has 0 radical (unpaired) electrons. The number of aromatic carboxylic acids is 1. The van der Waals surface area contributed by atoms with E-state index in [4.69, 9.17) is 11.6 Å². The average molecular weight is 453 g/mol. The van der Waals surface area contributed by atoms with Gasteiger partial charge in [-0.15, -0.1) is 0 Å². The minimum absolute atomic E-state index is 0.0189. The van der Waals surface area contributed by atoms with Gasteiger partial charge in [-0.25, -0.2) is 9.18 Å². The summed E-state index contributed by atoms with van der Waals surface area (Å²) in [4.78, 5) is 28.8. The minimum Gasteiger partial charge on any atom is -0.477 e. The number of rotatable bonds is 6. The number of hydrogen-bond donors (Lipinski definition) is 2. The van der Waals surface area contributed by atoms with Crippen LogP contribution in [0.2, 0.25) is 5.02 Å². The van der Waals surface area contributed by atoms with Gasteiger partial charge in [-0.3, -0.25) is 9.78 Å². The molecule has 2 heterocycles. The molecule has 0 unspecified atom stereocenters. The standard InChI is InChI=1S/C24H18ClFN2O4/c25-19-8-4-7-15(22(19)26)9-16-10-17-20(11-27-16)28(12-18(23(17)30)24(31)32)13-21(29)14-5-2-1-3-6-14/h1-8,10-12,21,29H,9,13H2,(H,31,32)/t21-/m0/s1. The van der Waals surface area contributed by atoms with Crippen molar-refractivity contribution in [3.8, 4) is 0 Å². The predicted octanol–water partition coefficient (Wildman–Crippen LogP) is 4.21. The summed E-state index contributed by atoms with van der Waals surface area (Å²) in [5.41, 5.74) is 0.603. The molecule has 162 valence electrons. The maximum atomic E-state index is 14.3. The van der Waals surface area contributed by atoms with Gasteiger partial charge in [-0.05, 0) is 23.3 Å². The van der Waals surface area contributed by atoms with Gasteiger partial charge in [-0.1, -0.05) is 54.1 Å². The molecule has 4 aromatic rings. The van der Waals surface area contributed by atoms with Crippen LogP contribution in [0, 0.1) is 5.82 Å². The molecule has 32 heavy (non-hydrogen) atoms. The average Bonchev–Trinajstić information content (AvgIpc) is 2.79. The van der Waals surface area contributed by atoms with E-state index in [1.54, 1.807) is 36.4 Å². The Balaban J connectivity index is 1.79. The first-order valence-electron chi connectivity index (χ1n) is 9.76. The monoisotopic (exact) mass is 452 g/mol. The van der Waals surface area contributed by atoms with E-state index in [1.165, 1.54) is 29.1 Å². The summed E-state index contributed by atoms with van der Waals surface area (Å²) in [6.45, 7) is 0.0189. The van der Waals surface area contributed by atoms with Gasteiger partial charge in [0, 0.05) is 23.7 Å². The Morgan fingerprint density at radius 1 is 1.16 bits per heavy atom. The van der Waals surface area contributed by atoms with Crippen LogP contribution in [-0.4, -0.2) is 25.7 Å². The van der Waals surface area contributed by atoms with E-state index in [0.717, 1.165) is 0 Å². The lowest BCUT2D eigenvalue weighted by molar-refractivity contribution is 0.0694. The maximum absolute atomic E-state index is 14.3. The van der Waals surface area contributed by atoms with E-state index in [1.807, 2.05) is 6.07 Å². The summed E-state index contributed by atoms with van der Waals surface area (Å²) in [7, 11) is 0. The number of carbonyl (C=O) groups is 1. The third-order valence-corrected chi connectivity index (χ3v) is 5.50. The number of hydrogen-bond acceptors (Lipinski definition) is 4. The number of aliphatic hydroxyl groups is 1. The van der Waals surface area contributed by atoms with Crippen LogP contribution < -0.4 is 5.43 Å². The molecule has 8 heteroatoms. The Kier molecular flexibility index (Phi) is 6.03. The van der Waals surface area contributed by atoms with Gasteiger partial charge in [0.25, 0.3) is 0 Å². The van der Waals surface area contributed by atoms with Crippen molar-refractivity contribution in [1.29, 1.82) is 0 Å². The predicted molar refractivity (Wildman–Crippen MR) is 119 cm³/mol. The number of carboxylic acids is 1. The van der Waals surface area contributed by atoms with E-state index in [-0.39, 0.29) is 23.4 Å². The second kappa shape index (κ2) is 8.90. The fraction of sp³-hybridized carbons (Fsp3) is 0.125. The first-order chi connectivity index (χ1) is 15.3. The van der Waals surface area contributed by atoms with Crippen LogP contribution in [0.1, 0.15) is 33.3 Å². The molecule has 2 aromatic carbocycles. The van der Waals surface area contributed by atoms with E-state index in [2.05, 4.69) is 4.98 Å². The Labute approximate surface area is 187 Å². The van der Waals surface area contributed by atoms with Crippen LogP contribution in [0.5, 0.6) is 0 Å². The fourth-order valence-electron chi connectivity index (χ4n) is 3.58. The zero-order chi connectivity index (χ0) is 22.8. The maximum Gasteiger partial charge on any atom is 0.341 e. The minimum atomic E-state index is -1.38. The summed E-state index contributed by atoms with van der Waals surface area (Å²) in [5, 5.41) is 20.2. The van der Waals surface area contributed by atoms with Crippen molar-refractivity contribution < 1.29 is 19.4 Å². The third-order valence-electron chi connectivity index (χ3n) is 5.21. The number of carboxylic acid groups (broad SMARTS) is 1. The van der Waals surface area contributed by atoms with E-state index in [0.29, 0.717) is 22.3 Å². The molecule has 0 aliphatic carbocycles. The van der Waals surface area contributed by atoms with Gasteiger partial charge >= 0.3 is 5.97 Å². The van der Waals surface area contributed by atoms with Crippen molar-refractivity contribution in [2.24, 2.45) is 0 Å². The summed E-state index contributed by atoms with van der Waals surface area (Å²) in [6, 6.07) is 15.0. The number of benzene rings is 2. The highest BCUT2D eigenvalue weighted by molar-refractivity contribution is 6.30. The normalized spacial score (nSPS) is 12.1.